The van der Waals surface area contributed by atoms with Crippen LogP contribution in [-0.2, 0) is 4.52 Å². The van der Waals surface area contributed by atoms with Gasteiger partial charge in [0.1, 0.15) is 0 Å². The molecule has 0 aliphatic heterocycles. The molecule has 70 valence electrons. The highest BCUT2D eigenvalue weighted by Gasteiger charge is 2.07. The van der Waals surface area contributed by atoms with Crippen molar-refractivity contribution in [1.29, 1.82) is 0 Å². The largest absolute Gasteiger partial charge is 0.369 e. The SMILES string of the molecule is CC(C)N(Cl)C(C)C.COP. The van der Waals surface area contributed by atoms with E-state index in [1.54, 1.807) is 11.5 Å². The van der Waals surface area contributed by atoms with E-state index < -0.39 is 0 Å². The molecule has 0 aliphatic rings. The van der Waals surface area contributed by atoms with Crippen molar-refractivity contribution in [3.63, 3.8) is 0 Å². The van der Waals surface area contributed by atoms with Crippen LogP contribution in [0.15, 0.2) is 0 Å². The summed E-state index contributed by atoms with van der Waals surface area (Å²) in [6, 6.07) is 0.883. The average Bonchev–Trinajstić information content (AvgIpc) is 1.87. The van der Waals surface area contributed by atoms with Gasteiger partial charge >= 0.3 is 0 Å². The minimum absolute atomic E-state index is 0.441. The monoisotopic (exact) mass is 199 g/mol. The van der Waals surface area contributed by atoms with Crippen LogP contribution in [-0.4, -0.2) is 23.6 Å². The van der Waals surface area contributed by atoms with E-state index in [1.807, 2.05) is 0 Å². The summed E-state index contributed by atoms with van der Waals surface area (Å²) >= 11 is 5.78. The van der Waals surface area contributed by atoms with E-state index in [-0.39, 0.29) is 0 Å². The predicted molar refractivity (Wildman–Crippen MR) is 54.7 cm³/mol. The Balaban J connectivity index is 0. The molecular formula is C7H19ClNOP. The molecule has 0 saturated heterocycles. The van der Waals surface area contributed by atoms with Gasteiger partial charge in [-0.3, -0.25) is 0 Å². The van der Waals surface area contributed by atoms with Crippen molar-refractivity contribution in [2.45, 2.75) is 39.8 Å². The summed E-state index contributed by atoms with van der Waals surface area (Å²) in [5.74, 6) is 0. The van der Waals surface area contributed by atoms with Gasteiger partial charge < -0.3 is 4.52 Å². The molecule has 0 aromatic carbocycles. The summed E-state index contributed by atoms with van der Waals surface area (Å²) in [5.41, 5.74) is 0. The lowest BCUT2D eigenvalue weighted by Crippen LogP contribution is -2.27. The van der Waals surface area contributed by atoms with E-state index in [2.05, 4.69) is 41.7 Å². The Morgan fingerprint density at radius 2 is 1.36 bits per heavy atom. The van der Waals surface area contributed by atoms with Crippen molar-refractivity contribution >= 4 is 21.2 Å². The highest BCUT2D eigenvalue weighted by atomic mass is 35.5. The lowest BCUT2D eigenvalue weighted by Gasteiger charge is -2.21. The molecule has 0 amide bonds. The molecule has 0 heterocycles. The Morgan fingerprint density at radius 3 is 1.36 bits per heavy atom. The van der Waals surface area contributed by atoms with E-state index in [0.717, 1.165) is 0 Å². The van der Waals surface area contributed by atoms with Gasteiger partial charge in [-0.25, -0.2) is 4.42 Å². The topological polar surface area (TPSA) is 12.5 Å². The van der Waals surface area contributed by atoms with Crippen LogP contribution in [0.3, 0.4) is 0 Å². The highest BCUT2D eigenvalue weighted by molar-refractivity contribution is 7.09. The van der Waals surface area contributed by atoms with Crippen molar-refractivity contribution in [3.8, 4) is 0 Å². The van der Waals surface area contributed by atoms with Gasteiger partial charge in [0.15, 0.2) is 0 Å². The Labute approximate surface area is 77.6 Å². The molecule has 1 unspecified atom stereocenters. The van der Waals surface area contributed by atoms with Gasteiger partial charge in [-0.2, -0.15) is 0 Å². The van der Waals surface area contributed by atoms with E-state index >= 15 is 0 Å². The first-order valence-corrected chi connectivity index (χ1v) is 4.45. The number of rotatable bonds is 2. The van der Waals surface area contributed by atoms with Gasteiger partial charge in [0.25, 0.3) is 0 Å². The molecule has 4 heteroatoms. The van der Waals surface area contributed by atoms with Crippen molar-refractivity contribution in [2.24, 2.45) is 0 Å². The lowest BCUT2D eigenvalue weighted by molar-refractivity contribution is 0.321. The zero-order valence-corrected chi connectivity index (χ0v) is 9.88. The first kappa shape index (κ1) is 14.2. The highest BCUT2D eigenvalue weighted by Crippen LogP contribution is 2.06. The Kier molecular flexibility index (Phi) is 11.3. The van der Waals surface area contributed by atoms with E-state index in [1.165, 1.54) is 0 Å². The minimum Gasteiger partial charge on any atom is -0.369 e. The molecule has 0 spiro atoms. The summed E-state index contributed by atoms with van der Waals surface area (Å²) in [5, 5.41) is 0. The van der Waals surface area contributed by atoms with Crippen LogP contribution in [0.5, 0.6) is 0 Å². The molecule has 0 N–H and O–H groups in total. The molecule has 2 nitrogen and oxygen atoms in total. The van der Waals surface area contributed by atoms with Crippen molar-refractivity contribution in [3.05, 3.63) is 0 Å². The standard InChI is InChI=1S/C6H14ClN.CH5OP/c1-5(2)8(7)6(3)4;1-2-3/h5-6H,1-4H3;3H2,1H3. The Hall–Kier alpha value is 0.640. The van der Waals surface area contributed by atoms with Crippen LogP contribution in [0, 0.1) is 0 Å². The fourth-order valence-electron chi connectivity index (χ4n) is 0.596. The molecule has 0 aromatic heterocycles. The normalized spacial score (nSPS) is 10.4. The molecule has 0 bridgehead atoms. The summed E-state index contributed by atoms with van der Waals surface area (Å²) in [7, 11) is 3.67. The summed E-state index contributed by atoms with van der Waals surface area (Å²) in [4.78, 5) is 0. The second kappa shape index (κ2) is 8.73. The van der Waals surface area contributed by atoms with Crippen LogP contribution in [0.2, 0.25) is 0 Å². The summed E-state index contributed by atoms with van der Waals surface area (Å²) in [6.07, 6.45) is 0. The van der Waals surface area contributed by atoms with Gasteiger partial charge in [0.2, 0.25) is 0 Å². The van der Waals surface area contributed by atoms with Gasteiger partial charge in [-0.1, -0.05) is 0 Å². The first-order valence-electron chi connectivity index (χ1n) is 3.64. The van der Waals surface area contributed by atoms with Gasteiger partial charge in [-0.05, 0) is 48.9 Å². The van der Waals surface area contributed by atoms with E-state index in [0.29, 0.717) is 12.1 Å². The number of hydrogen-bond acceptors (Lipinski definition) is 2. The zero-order valence-electron chi connectivity index (χ0n) is 7.97. The van der Waals surface area contributed by atoms with E-state index in [4.69, 9.17) is 11.8 Å². The minimum atomic E-state index is 0.441. The number of nitrogens with zero attached hydrogens (tertiary/aromatic N) is 1. The maximum atomic E-state index is 5.78. The third kappa shape index (κ3) is 10.6. The third-order valence-electron chi connectivity index (χ3n) is 0.987. The quantitative estimate of drug-likeness (QED) is 0.501. The number of halogens is 1. The molecule has 11 heavy (non-hydrogen) atoms. The fourth-order valence-corrected chi connectivity index (χ4v) is 0.596. The third-order valence-corrected chi connectivity index (χ3v) is 1.77. The zero-order chi connectivity index (χ0) is 9.44. The summed E-state index contributed by atoms with van der Waals surface area (Å²) in [6.45, 7) is 8.31. The lowest BCUT2D eigenvalue weighted by atomic mass is 10.3. The molecule has 0 fully saturated rings. The smallest absolute Gasteiger partial charge is 0.0391 e. The molecule has 0 radical (unpaired) electrons. The van der Waals surface area contributed by atoms with Crippen LogP contribution in [0.25, 0.3) is 0 Å². The van der Waals surface area contributed by atoms with Gasteiger partial charge in [0.05, 0.1) is 0 Å². The molecular weight excluding hydrogens is 181 g/mol. The molecule has 0 saturated carbocycles. The average molecular weight is 200 g/mol. The maximum Gasteiger partial charge on any atom is 0.0391 e. The number of hydrogen-bond donors (Lipinski definition) is 0. The Morgan fingerprint density at radius 1 is 1.18 bits per heavy atom. The van der Waals surface area contributed by atoms with Crippen LogP contribution in [0.1, 0.15) is 27.7 Å². The van der Waals surface area contributed by atoms with Crippen LogP contribution >= 0.6 is 21.2 Å². The van der Waals surface area contributed by atoms with Crippen molar-refractivity contribution in [2.75, 3.05) is 7.11 Å². The molecule has 1 atom stereocenters. The van der Waals surface area contributed by atoms with Gasteiger partial charge in [-0.15, -0.1) is 0 Å². The van der Waals surface area contributed by atoms with Crippen LogP contribution in [0.4, 0.5) is 0 Å². The first-order chi connectivity index (χ1) is 4.97. The van der Waals surface area contributed by atoms with Crippen LogP contribution < -0.4 is 0 Å². The second-order valence-corrected chi connectivity index (χ2v) is 3.63. The molecule has 0 rings (SSSR count). The Bertz CT molecular complexity index is 72.8. The fraction of sp³-hybridized carbons (Fsp3) is 1.00. The molecule has 0 aliphatic carbocycles. The summed E-state index contributed by atoms with van der Waals surface area (Å²) < 4.78 is 5.97. The second-order valence-electron chi connectivity index (χ2n) is 2.77. The van der Waals surface area contributed by atoms with Crippen molar-refractivity contribution < 1.29 is 4.52 Å². The molecule has 0 aromatic rings. The van der Waals surface area contributed by atoms with E-state index in [9.17, 15) is 0 Å². The van der Waals surface area contributed by atoms with Crippen molar-refractivity contribution in [1.82, 2.24) is 4.42 Å². The predicted octanol–water partition coefficient (Wildman–Crippen LogP) is 2.68. The van der Waals surface area contributed by atoms with Gasteiger partial charge in [0, 0.05) is 19.2 Å². The maximum absolute atomic E-state index is 5.78.